The van der Waals surface area contributed by atoms with E-state index in [1.165, 1.54) is 12.1 Å². The Hall–Kier alpha value is -1.61. The topological polar surface area (TPSA) is 25.2 Å². The Morgan fingerprint density at radius 2 is 1.90 bits per heavy atom. The molecule has 0 spiro atoms. The van der Waals surface area contributed by atoms with E-state index in [2.05, 4.69) is 19.2 Å². The Balaban J connectivity index is 1.90. The lowest BCUT2D eigenvalue weighted by Gasteiger charge is -2.11. The smallest absolute Gasteiger partial charge is 0.134 e. The Kier molecular flexibility index (Phi) is 5.36. The van der Waals surface area contributed by atoms with Gasteiger partial charge >= 0.3 is 0 Å². The molecule has 0 aliphatic heterocycles. The third-order valence-electron chi connectivity index (χ3n) is 3.36. The summed E-state index contributed by atoms with van der Waals surface area (Å²) in [5.41, 5.74) is 0.912. The van der Waals surface area contributed by atoms with Gasteiger partial charge in [-0.05, 0) is 62.7 Å². The summed E-state index contributed by atoms with van der Waals surface area (Å²) in [4.78, 5) is 0. The number of nitrogens with one attached hydrogen (secondary N) is 1. The van der Waals surface area contributed by atoms with Crippen molar-refractivity contribution in [3.8, 4) is 11.3 Å². The lowest BCUT2D eigenvalue weighted by Crippen LogP contribution is -2.26. The highest BCUT2D eigenvalue weighted by Crippen LogP contribution is 2.23. The van der Waals surface area contributed by atoms with Gasteiger partial charge in [-0.2, -0.15) is 0 Å². The SMILES string of the molecule is CCCNC(C)CCc1ccc(-c2ccc(F)cc2)o1. The van der Waals surface area contributed by atoms with Gasteiger partial charge in [0.15, 0.2) is 0 Å². The van der Waals surface area contributed by atoms with Crippen molar-refractivity contribution in [1.29, 1.82) is 0 Å². The van der Waals surface area contributed by atoms with Crippen LogP contribution in [0.2, 0.25) is 0 Å². The molecule has 0 amide bonds. The lowest BCUT2D eigenvalue weighted by atomic mass is 10.1. The van der Waals surface area contributed by atoms with Crippen LogP contribution in [0.15, 0.2) is 40.8 Å². The molecule has 0 aliphatic carbocycles. The van der Waals surface area contributed by atoms with Crippen LogP contribution in [0.25, 0.3) is 11.3 Å². The number of furan rings is 1. The summed E-state index contributed by atoms with van der Waals surface area (Å²) in [6, 6.07) is 10.8. The first-order chi connectivity index (χ1) is 9.69. The Bertz CT molecular complexity index is 518. The second kappa shape index (κ2) is 7.25. The van der Waals surface area contributed by atoms with E-state index in [4.69, 9.17) is 4.42 Å². The largest absolute Gasteiger partial charge is 0.461 e. The molecule has 20 heavy (non-hydrogen) atoms. The molecule has 2 rings (SSSR count). The summed E-state index contributed by atoms with van der Waals surface area (Å²) in [7, 11) is 0. The molecule has 0 aliphatic rings. The predicted octanol–water partition coefficient (Wildman–Crippen LogP) is 4.41. The van der Waals surface area contributed by atoms with Crippen molar-refractivity contribution in [1.82, 2.24) is 5.32 Å². The van der Waals surface area contributed by atoms with Gasteiger partial charge in [0.05, 0.1) is 0 Å². The Labute approximate surface area is 120 Å². The number of aryl methyl sites for hydroxylation is 1. The summed E-state index contributed by atoms with van der Waals surface area (Å²) in [6.45, 7) is 5.42. The van der Waals surface area contributed by atoms with Gasteiger partial charge < -0.3 is 9.73 Å². The molecule has 1 heterocycles. The highest BCUT2D eigenvalue weighted by molar-refractivity contribution is 5.57. The molecule has 108 valence electrons. The lowest BCUT2D eigenvalue weighted by molar-refractivity contribution is 0.466. The van der Waals surface area contributed by atoms with Crippen LogP contribution >= 0.6 is 0 Å². The average Bonchev–Trinajstić information content (AvgIpc) is 2.92. The van der Waals surface area contributed by atoms with Gasteiger partial charge in [0.1, 0.15) is 17.3 Å². The van der Waals surface area contributed by atoms with Crippen molar-refractivity contribution >= 4 is 0 Å². The van der Waals surface area contributed by atoms with Crippen molar-refractivity contribution in [3.05, 3.63) is 48.0 Å². The summed E-state index contributed by atoms with van der Waals surface area (Å²) >= 11 is 0. The predicted molar refractivity (Wildman–Crippen MR) is 80.2 cm³/mol. The van der Waals surface area contributed by atoms with Gasteiger partial charge in [-0.1, -0.05) is 6.92 Å². The van der Waals surface area contributed by atoms with E-state index in [0.29, 0.717) is 6.04 Å². The molecule has 0 saturated heterocycles. The standard InChI is InChI=1S/C17H22FNO/c1-3-12-19-13(2)4-9-16-10-11-17(20-16)14-5-7-15(18)8-6-14/h5-8,10-11,13,19H,3-4,9,12H2,1-2H3. The van der Waals surface area contributed by atoms with Crippen molar-refractivity contribution in [2.75, 3.05) is 6.54 Å². The van der Waals surface area contributed by atoms with Gasteiger partial charge in [-0.25, -0.2) is 4.39 Å². The van der Waals surface area contributed by atoms with Crippen LogP contribution in [0.4, 0.5) is 4.39 Å². The van der Waals surface area contributed by atoms with Gasteiger partial charge in [0.2, 0.25) is 0 Å². The monoisotopic (exact) mass is 275 g/mol. The van der Waals surface area contributed by atoms with E-state index >= 15 is 0 Å². The molecule has 1 unspecified atom stereocenters. The first kappa shape index (κ1) is 14.8. The van der Waals surface area contributed by atoms with E-state index in [-0.39, 0.29) is 5.82 Å². The normalized spacial score (nSPS) is 12.6. The van der Waals surface area contributed by atoms with Crippen LogP contribution in [0.3, 0.4) is 0 Å². The van der Waals surface area contributed by atoms with Crippen LogP contribution in [-0.2, 0) is 6.42 Å². The number of hydrogen-bond donors (Lipinski definition) is 1. The third-order valence-corrected chi connectivity index (χ3v) is 3.36. The highest BCUT2D eigenvalue weighted by Gasteiger charge is 2.07. The molecular weight excluding hydrogens is 253 g/mol. The first-order valence-corrected chi connectivity index (χ1v) is 7.27. The summed E-state index contributed by atoms with van der Waals surface area (Å²) < 4.78 is 18.7. The van der Waals surface area contributed by atoms with Gasteiger partial charge in [0.25, 0.3) is 0 Å². The molecular formula is C17H22FNO. The maximum Gasteiger partial charge on any atom is 0.134 e. The molecule has 1 aromatic heterocycles. The maximum atomic E-state index is 12.9. The number of benzene rings is 1. The highest BCUT2D eigenvalue weighted by atomic mass is 19.1. The molecule has 3 heteroatoms. The van der Waals surface area contributed by atoms with E-state index in [1.807, 2.05) is 12.1 Å². The van der Waals surface area contributed by atoms with Crippen LogP contribution < -0.4 is 5.32 Å². The van der Waals surface area contributed by atoms with E-state index in [0.717, 1.165) is 42.9 Å². The quantitative estimate of drug-likeness (QED) is 0.810. The number of rotatable bonds is 7. The molecule has 1 atom stereocenters. The summed E-state index contributed by atoms with van der Waals surface area (Å²) in [5, 5.41) is 3.46. The van der Waals surface area contributed by atoms with Crippen molar-refractivity contribution < 1.29 is 8.81 Å². The summed E-state index contributed by atoms with van der Waals surface area (Å²) in [6.07, 6.45) is 3.12. The van der Waals surface area contributed by atoms with E-state index in [1.54, 1.807) is 12.1 Å². The average molecular weight is 275 g/mol. The minimum atomic E-state index is -0.226. The Morgan fingerprint density at radius 3 is 2.60 bits per heavy atom. The molecule has 1 aromatic carbocycles. The van der Waals surface area contributed by atoms with E-state index in [9.17, 15) is 4.39 Å². The minimum absolute atomic E-state index is 0.226. The fourth-order valence-corrected chi connectivity index (χ4v) is 2.13. The van der Waals surface area contributed by atoms with Gasteiger partial charge in [-0.15, -0.1) is 0 Å². The summed E-state index contributed by atoms with van der Waals surface area (Å²) in [5.74, 6) is 1.56. The van der Waals surface area contributed by atoms with Crippen molar-refractivity contribution in [3.63, 3.8) is 0 Å². The Morgan fingerprint density at radius 1 is 1.15 bits per heavy atom. The van der Waals surface area contributed by atoms with Crippen molar-refractivity contribution in [2.45, 2.75) is 39.2 Å². The molecule has 0 saturated carbocycles. The van der Waals surface area contributed by atoms with Gasteiger partial charge in [-0.3, -0.25) is 0 Å². The second-order valence-electron chi connectivity index (χ2n) is 5.17. The zero-order valence-corrected chi connectivity index (χ0v) is 12.2. The third kappa shape index (κ3) is 4.20. The fraction of sp³-hybridized carbons (Fsp3) is 0.412. The molecule has 1 N–H and O–H groups in total. The first-order valence-electron chi connectivity index (χ1n) is 7.27. The molecule has 2 aromatic rings. The zero-order valence-electron chi connectivity index (χ0n) is 12.2. The van der Waals surface area contributed by atoms with Crippen molar-refractivity contribution in [2.24, 2.45) is 0 Å². The number of halogens is 1. The molecule has 0 radical (unpaired) electrons. The zero-order chi connectivity index (χ0) is 14.4. The molecule has 0 fully saturated rings. The fourth-order valence-electron chi connectivity index (χ4n) is 2.13. The minimum Gasteiger partial charge on any atom is -0.461 e. The van der Waals surface area contributed by atoms with Crippen LogP contribution in [0.1, 0.15) is 32.4 Å². The molecule has 2 nitrogen and oxygen atoms in total. The van der Waals surface area contributed by atoms with Crippen LogP contribution in [-0.4, -0.2) is 12.6 Å². The second-order valence-corrected chi connectivity index (χ2v) is 5.17. The maximum absolute atomic E-state index is 12.9. The number of hydrogen-bond acceptors (Lipinski definition) is 2. The van der Waals surface area contributed by atoms with Crippen LogP contribution in [0.5, 0.6) is 0 Å². The van der Waals surface area contributed by atoms with E-state index < -0.39 is 0 Å². The molecule has 0 bridgehead atoms. The van der Waals surface area contributed by atoms with Crippen LogP contribution in [0, 0.1) is 5.82 Å². The van der Waals surface area contributed by atoms with Gasteiger partial charge in [0, 0.05) is 18.0 Å².